The molecule has 0 spiro atoms. The average Bonchev–Trinajstić information content (AvgIpc) is 2.42. The number of ketones is 1. The summed E-state index contributed by atoms with van der Waals surface area (Å²) in [4.78, 5) is 12.6. The Balaban J connectivity index is 3.46. The van der Waals surface area contributed by atoms with Crippen molar-refractivity contribution in [1.82, 2.24) is 0 Å². The molecule has 0 aliphatic rings. The first-order valence-electron chi connectivity index (χ1n) is 7.13. The lowest BCUT2D eigenvalue weighted by Crippen LogP contribution is -2.28. The Labute approximate surface area is 122 Å². The summed E-state index contributed by atoms with van der Waals surface area (Å²) in [7, 11) is -3.37. The van der Waals surface area contributed by atoms with E-state index < -0.39 is 15.1 Å². The van der Waals surface area contributed by atoms with Gasteiger partial charge in [-0.25, -0.2) is 8.42 Å². The molecule has 0 saturated carbocycles. The van der Waals surface area contributed by atoms with Gasteiger partial charge in [-0.05, 0) is 42.9 Å². The first-order chi connectivity index (χ1) is 9.26. The van der Waals surface area contributed by atoms with Crippen LogP contribution in [0.2, 0.25) is 0 Å². The molecule has 0 amide bonds. The van der Waals surface area contributed by atoms with E-state index in [1.165, 1.54) is 12.5 Å². The van der Waals surface area contributed by atoms with Crippen LogP contribution in [-0.2, 0) is 29.1 Å². The highest BCUT2D eigenvalue weighted by Gasteiger charge is 2.28. The largest absolute Gasteiger partial charge is 0.293 e. The normalized spacial score (nSPS) is 13.2. The molecular formula is C16H24O3S. The van der Waals surface area contributed by atoms with Crippen molar-refractivity contribution in [3.8, 4) is 0 Å². The average molecular weight is 296 g/mol. The number of rotatable bonds is 6. The number of aryl methyl sites for hydroxylation is 3. The number of hydrogen-bond donors (Lipinski definition) is 0. The SMILES string of the molecule is CCc1cc(CC)c(C(=O)C(C)S(C)(=O)=O)c(CC)c1. The van der Waals surface area contributed by atoms with Crippen molar-refractivity contribution >= 4 is 15.6 Å². The highest BCUT2D eigenvalue weighted by molar-refractivity contribution is 7.92. The van der Waals surface area contributed by atoms with Crippen molar-refractivity contribution in [3.63, 3.8) is 0 Å². The second-order valence-electron chi connectivity index (χ2n) is 5.19. The Morgan fingerprint density at radius 2 is 1.50 bits per heavy atom. The Bertz CT molecular complexity index is 575. The van der Waals surface area contributed by atoms with Crippen LogP contribution < -0.4 is 0 Å². The maximum atomic E-state index is 12.6. The van der Waals surface area contributed by atoms with Gasteiger partial charge in [0.1, 0.15) is 5.25 Å². The Morgan fingerprint density at radius 1 is 1.05 bits per heavy atom. The Morgan fingerprint density at radius 3 is 1.80 bits per heavy atom. The summed E-state index contributed by atoms with van der Waals surface area (Å²) >= 11 is 0. The fraction of sp³-hybridized carbons (Fsp3) is 0.562. The number of carbonyl (C=O) groups is 1. The van der Waals surface area contributed by atoms with Gasteiger partial charge in [-0.3, -0.25) is 4.79 Å². The molecule has 0 N–H and O–H groups in total. The van der Waals surface area contributed by atoms with Gasteiger partial charge in [0.15, 0.2) is 15.6 Å². The minimum absolute atomic E-state index is 0.274. The fourth-order valence-electron chi connectivity index (χ4n) is 2.32. The maximum absolute atomic E-state index is 12.6. The minimum Gasteiger partial charge on any atom is -0.293 e. The van der Waals surface area contributed by atoms with E-state index in [1.807, 2.05) is 26.0 Å². The highest BCUT2D eigenvalue weighted by Crippen LogP contribution is 2.23. The lowest BCUT2D eigenvalue weighted by atomic mass is 9.90. The van der Waals surface area contributed by atoms with Crippen molar-refractivity contribution in [2.75, 3.05) is 6.26 Å². The third kappa shape index (κ3) is 3.48. The predicted octanol–water partition coefficient (Wildman–Crippen LogP) is 2.99. The Kier molecular flexibility index (Phi) is 5.51. The lowest BCUT2D eigenvalue weighted by Gasteiger charge is -2.17. The van der Waals surface area contributed by atoms with Crippen molar-refractivity contribution < 1.29 is 13.2 Å². The maximum Gasteiger partial charge on any atom is 0.181 e. The number of Topliss-reactive ketones (excluding diaryl/α,β-unsaturated/α-hetero) is 1. The van der Waals surface area contributed by atoms with Crippen LogP contribution in [-0.4, -0.2) is 25.7 Å². The molecule has 0 radical (unpaired) electrons. The summed E-state index contributed by atoms with van der Waals surface area (Å²) in [6, 6.07) is 4.06. The van der Waals surface area contributed by atoms with Gasteiger partial charge in [0, 0.05) is 11.8 Å². The summed E-state index contributed by atoms with van der Waals surface area (Å²) in [5, 5.41) is -0.981. The molecule has 1 atom stereocenters. The van der Waals surface area contributed by atoms with E-state index in [4.69, 9.17) is 0 Å². The third-order valence-corrected chi connectivity index (χ3v) is 5.29. The van der Waals surface area contributed by atoms with Crippen LogP contribution >= 0.6 is 0 Å². The first-order valence-corrected chi connectivity index (χ1v) is 9.09. The molecule has 20 heavy (non-hydrogen) atoms. The van der Waals surface area contributed by atoms with Gasteiger partial charge in [-0.15, -0.1) is 0 Å². The van der Waals surface area contributed by atoms with Gasteiger partial charge < -0.3 is 0 Å². The van der Waals surface area contributed by atoms with E-state index in [1.54, 1.807) is 0 Å². The third-order valence-electron chi connectivity index (χ3n) is 3.79. The molecule has 0 saturated heterocycles. The second kappa shape index (κ2) is 6.53. The van der Waals surface area contributed by atoms with Gasteiger partial charge in [-0.1, -0.05) is 32.9 Å². The zero-order chi connectivity index (χ0) is 15.5. The summed E-state index contributed by atoms with van der Waals surface area (Å²) in [6.45, 7) is 7.55. The number of sulfone groups is 1. The smallest absolute Gasteiger partial charge is 0.181 e. The van der Waals surface area contributed by atoms with Gasteiger partial charge in [0.05, 0.1) is 0 Å². The van der Waals surface area contributed by atoms with Crippen molar-refractivity contribution in [2.45, 2.75) is 52.2 Å². The molecule has 4 heteroatoms. The van der Waals surface area contributed by atoms with Gasteiger partial charge in [-0.2, -0.15) is 0 Å². The van der Waals surface area contributed by atoms with Crippen molar-refractivity contribution in [3.05, 3.63) is 34.4 Å². The van der Waals surface area contributed by atoms with Crippen LogP contribution in [0.25, 0.3) is 0 Å². The zero-order valence-electron chi connectivity index (χ0n) is 13.0. The van der Waals surface area contributed by atoms with Crippen LogP contribution in [0.1, 0.15) is 54.7 Å². The molecule has 1 rings (SSSR count). The summed E-state index contributed by atoms with van der Waals surface area (Å²) in [5.74, 6) is -0.274. The standard InChI is InChI=1S/C16H24O3S/c1-6-12-9-13(7-2)15(14(8-3)10-12)16(17)11(4)20(5,18)19/h9-11H,6-8H2,1-5H3. The number of carbonyl (C=O) groups excluding carboxylic acids is 1. The van der Waals surface area contributed by atoms with Crippen LogP contribution in [0.5, 0.6) is 0 Å². The van der Waals surface area contributed by atoms with Crippen LogP contribution in [0.15, 0.2) is 12.1 Å². The predicted molar refractivity (Wildman–Crippen MR) is 83.2 cm³/mol. The zero-order valence-corrected chi connectivity index (χ0v) is 13.8. The van der Waals surface area contributed by atoms with Crippen molar-refractivity contribution in [1.29, 1.82) is 0 Å². The molecule has 0 aliphatic carbocycles. The minimum atomic E-state index is -3.37. The molecule has 0 fully saturated rings. The fourth-order valence-corrected chi connectivity index (χ4v) is 2.82. The second-order valence-corrected chi connectivity index (χ2v) is 7.55. The molecular weight excluding hydrogens is 272 g/mol. The van der Waals surface area contributed by atoms with E-state index in [0.29, 0.717) is 5.56 Å². The molecule has 0 bridgehead atoms. The molecule has 3 nitrogen and oxygen atoms in total. The Hall–Kier alpha value is -1.16. The molecule has 0 aromatic heterocycles. The quantitative estimate of drug-likeness (QED) is 0.758. The first kappa shape index (κ1) is 16.9. The van der Waals surface area contributed by atoms with Gasteiger partial charge >= 0.3 is 0 Å². The lowest BCUT2D eigenvalue weighted by molar-refractivity contribution is 0.0990. The van der Waals surface area contributed by atoms with Crippen molar-refractivity contribution in [2.24, 2.45) is 0 Å². The topological polar surface area (TPSA) is 51.2 Å². The van der Waals surface area contributed by atoms with Crippen LogP contribution in [0.4, 0.5) is 0 Å². The number of benzene rings is 1. The molecule has 1 aromatic carbocycles. The summed E-state index contributed by atoms with van der Waals surface area (Å²) < 4.78 is 23.3. The molecule has 0 heterocycles. The van der Waals surface area contributed by atoms with E-state index in [0.717, 1.165) is 36.6 Å². The van der Waals surface area contributed by atoms with E-state index in [-0.39, 0.29) is 5.78 Å². The van der Waals surface area contributed by atoms with Crippen LogP contribution in [0, 0.1) is 0 Å². The van der Waals surface area contributed by atoms with Gasteiger partial charge in [0.2, 0.25) is 0 Å². The molecule has 1 unspecified atom stereocenters. The molecule has 1 aromatic rings. The van der Waals surface area contributed by atoms with Crippen LogP contribution in [0.3, 0.4) is 0 Å². The van der Waals surface area contributed by atoms with E-state index in [2.05, 4.69) is 6.92 Å². The monoisotopic (exact) mass is 296 g/mol. The van der Waals surface area contributed by atoms with E-state index in [9.17, 15) is 13.2 Å². The summed E-state index contributed by atoms with van der Waals surface area (Å²) in [5.41, 5.74) is 3.73. The molecule has 112 valence electrons. The number of hydrogen-bond acceptors (Lipinski definition) is 3. The van der Waals surface area contributed by atoms with E-state index >= 15 is 0 Å². The summed E-state index contributed by atoms with van der Waals surface area (Å²) in [6.07, 6.45) is 3.50. The van der Waals surface area contributed by atoms with Gasteiger partial charge in [0.25, 0.3) is 0 Å². The highest BCUT2D eigenvalue weighted by atomic mass is 32.2. The molecule has 0 aliphatic heterocycles.